The number of aryl methyl sites for hydroxylation is 1. The summed E-state index contributed by atoms with van der Waals surface area (Å²) < 4.78 is 9.78. The number of benzene rings is 2. The van der Waals surface area contributed by atoms with E-state index in [2.05, 4.69) is 51.7 Å². The third-order valence-corrected chi connectivity index (χ3v) is 5.71. The van der Waals surface area contributed by atoms with Crippen LogP contribution in [0.25, 0.3) is 33.3 Å². The summed E-state index contributed by atoms with van der Waals surface area (Å²) in [6.45, 7) is 5.22. The molecule has 0 spiro atoms. The molecule has 3 aromatic heterocycles. The Bertz CT molecular complexity index is 1560. The molecule has 0 atom stereocenters. The van der Waals surface area contributed by atoms with E-state index in [1.54, 1.807) is 6.20 Å². The normalized spacial score (nSPS) is 12.1. The topological polar surface area (TPSA) is 44.9 Å². The van der Waals surface area contributed by atoms with Crippen molar-refractivity contribution in [2.24, 2.45) is 0 Å². The molecular weight excluding hydrogens is 625 g/mol. The minimum absolute atomic E-state index is 0. The van der Waals surface area contributed by atoms with Crippen LogP contribution >= 0.6 is 0 Å². The van der Waals surface area contributed by atoms with Crippen molar-refractivity contribution >= 4 is 33.8 Å². The molecular formula is C30H26IrN4O. The number of rotatable bonds is 5. The number of furan rings is 1. The van der Waals surface area contributed by atoms with Gasteiger partial charge in [-0.2, -0.15) is 0 Å². The molecule has 0 amide bonds. The van der Waals surface area contributed by atoms with Crippen LogP contribution in [0.2, 0.25) is 0 Å². The predicted molar refractivity (Wildman–Crippen MR) is 138 cm³/mol. The number of pyridine rings is 2. The van der Waals surface area contributed by atoms with Crippen molar-refractivity contribution in [1.82, 2.24) is 9.97 Å². The summed E-state index contributed by atoms with van der Waals surface area (Å²) in [6.07, 6.45) is 10.0. The van der Waals surface area contributed by atoms with E-state index in [0.29, 0.717) is 5.71 Å². The van der Waals surface area contributed by atoms with Gasteiger partial charge in [0.15, 0.2) is 6.54 Å². The van der Waals surface area contributed by atoms with E-state index in [0.717, 1.165) is 46.3 Å². The van der Waals surface area contributed by atoms with Gasteiger partial charge in [0.25, 0.3) is 6.20 Å². The van der Waals surface area contributed by atoms with E-state index in [-0.39, 0.29) is 20.1 Å². The van der Waals surface area contributed by atoms with Gasteiger partial charge in [0, 0.05) is 49.9 Å². The van der Waals surface area contributed by atoms with E-state index in [1.807, 2.05) is 78.6 Å². The first-order valence-electron chi connectivity index (χ1n) is 11.8. The first kappa shape index (κ1) is 25.4. The van der Waals surface area contributed by atoms with Crippen LogP contribution in [-0.4, -0.2) is 31.7 Å². The standard InChI is InChI=1S/C18H16N3O.C12H10N.Ir/c1-2-3-9-20-10-11-21(13-20)14-6-7-17-16(12-14)15-5-4-8-19-18(15)22-17;1-10-7-8-12(13-9-10)11-5-3-2-4-6-11;/h4-5,7-8,10-12H,2-3,9H2,1H3;2-5,7-9H,1H3;/q+1;-1;. The summed E-state index contributed by atoms with van der Waals surface area (Å²) >= 11 is 0. The number of hydrogen-bond acceptors (Lipinski definition) is 3. The minimum atomic E-state index is 0. The van der Waals surface area contributed by atoms with Crippen molar-refractivity contribution in [2.45, 2.75) is 26.7 Å². The van der Waals surface area contributed by atoms with E-state index >= 15 is 0 Å². The van der Waals surface area contributed by atoms with Gasteiger partial charge in [-0.05, 0) is 30.3 Å². The molecule has 0 fully saturated rings. The van der Waals surface area contributed by atoms with Gasteiger partial charge < -0.3 is 9.40 Å². The Morgan fingerprint density at radius 1 is 1.00 bits per heavy atom. The monoisotopic (exact) mass is 651 g/mol. The largest absolute Gasteiger partial charge is 0.502 e. The maximum Gasteiger partial charge on any atom is 0.493 e. The van der Waals surface area contributed by atoms with Crippen LogP contribution in [-0.2, 0) is 20.1 Å². The van der Waals surface area contributed by atoms with E-state index in [4.69, 9.17) is 4.42 Å². The second kappa shape index (κ2) is 11.8. The maximum absolute atomic E-state index is 5.73. The number of hydrogen-bond donors (Lipinski definition) is 0. The summed E-state index contributed by atoms with van der Waals surface area (Å²) in [5.74, 6) is 0. The predicted octanol–water partition coefficient (Wildman–Crippen LogP) is 6.75. The zero-order chi connectivity index (χ0) is 24.0. The Labute approximate surface area is 224 Å². The quantitative estimate of drug-likeness (QED) is 0.156. The van der Waals surface area contributed by atoms with Gasteiger partial charge in [-0.15, -0.1) is 48.0 Å². The van der Waals surface area contributed by atoms with Gasteiger partial charge in [-0.25, -0.2) is 4.98 Å². The second-order valence-corrected chi connectivity index (χ2v) is 8.37. The van der Waals surface area contributed by atoms with E-state index in [1.165, 1.54) is 12.0 Å². The Balaban J connectivity index is 0.000000187. The molecule has 2 aromatic carbocycles. The first-order valence-corrected chi connectivity index (χ1v) is 11.8. The summed E-state index contributed by atoms with van der Waals surface area (Å²) in [5.41, 5.74) is 5.63. The maximum atomic E-state index is 5.73. The molecule has 36 heavy (non-hydrogen) atoms. The minimum Gasteiger partial charge on any atom is -0.502 e. The summed E-state index contributed by atoms with van der Waals surface area (Å²) in [4.78, 5) is 8.58. The Hall–Kier alpha value is -3.69. The molecule has 1 aliphatic rings. The van der Waals surface area contributed by atoms with Crippen molar-refractivity contribution in [3.05, 3.63) is 103 Å². The van der Waals surface area contributed by atoms with E-state index in [9.17, 15) is 0 Å². The molecule has 6 rings (SSSR count). The fourth-order valence-electron chi connectivity index (χ4n) is 3.80. The number of aromatic nitrogens is 2. The summed E-state index contributed by atoms with van der Waals surface area (Å²) in [5, 5.41) is 2.08. The van der Waals surface area contributed by atoms with Crippen molar-refractivity contribution < 1.29 is 33.7 Å². The van der Waals surface area contributed by atoms with Gasteiger partial charge in [0.1, 0.15) is 5.69 Å². The molecule has 1 aliphatic heterocycles. The number of nitrogens with zero attached hydrogens (tertiary/aromatic N) is 4. The molecule has 0 aliphatic carbocycles. The Morgan fingerprint density at radius 3 is 2.69 bits per heavy atom. The van der Waals surface area contributed by atoms with Gasteiger partial charge >= 0.3 is 6.01 Å². The SMILES string of the molecule is CCCC[N+]1=C=[N+](c2[c-]cc3oc4ncccc4c3c2)C=C1.Cc1ccc(-c2[c-]cccc2)nc1.[Ir]. The van der Waals surface area contributed by atoms with Crippen LogP contribution in [0.1, 0.15) is 25.3 Å². The molecule has 5 aromatic rings. The van der Waals surface area contributed by atoms with Gasteiger partial charge in [0.2, 0.25) is 11.9 Å². The summed E-state index contributed by atoms with van der Waals surface area (Å²) in [6, 6.07) is 29.6. The molecule has 5 nitrogen and oxygen atoms in total. The zero-order valence-electron chi connectivity index (χ0n) is 20.2. The summed E-state index contributed by atoms with van der Waals surface area (Å²) in [7, 11) is 0. The average Bonchev–Trinajstić information content (AvgIpc) is 3.53. The van der Waals surface area contributed by atoms with Crippen LogP contribution in [0.15, 0.2) is 89.9 Å². The molecule has 0 saturated heterocycles. The number of unbranched alkanes of at least 4 members (excludes halogenated alkanes) is 1. The van der Waals surface area contributed by atoms with Crippen LogP contribution in [0, 0.1) is 19.1 Å². The molecule has 4 heterocycles. The van der Waals surface area contributed by atoms with Crippen molar-refractivity contribution in [3.63, 3.8) is 0 Å². The Morgan fingerprint density at radius 2 is 1.92 bits per heavy atom. The molecule has 0 bridgehead atoms. The molecule has 0 saturated carbocycles. The fourth-order valence-corrected chi connectivity index (χ4v) is 3.80. The van der Waals surface area contributed by atoms with Crippen molar-refractivity contribution in [2.75, 3.05) is 6.54 Å². The molecule has 1 radical (unpaired) electrons. The third-order valence-electron chi connectivity index (χ3n) is 5.71. The van der Waals surface area contributed by atoms with Crippen LogP contribution < -0.4 is 0 Å². The molecule has 6 heteroatoms. The number of fused-ring (bicyclic) bond motifs is 3. The van der Waals surface area contributed by atoms with Gasteiger partial charge in [0.05, 0.1) is 0 Å². The zero-order valence-corrected chi connectivity index (χ0v) is 22.6. The first-order chi connectivity index (χ1) is 17.2. The van der Waals surface area contributed by atoms with Gasteiger partial charge in [-0.1, -0.05) is 46.1 Å². The van der Waals surface area contributed by atoms with Gasteiger partial charge in [-0.3, -0.25) is 0 Å². The van der Waals surface area contributed by atoms with Crippen molar-refractivity contribution in [1.29, 1.82) is 0 Å². The van der Waals surface area contributed by atoms with Crippen LogP contribution in [0.5, 0.6) is 0 Å². The van der Waals surface area contributed by atoms with Crippen molar-refractivity contribution in [3.8, 4) is 11.3 Å². The Kier molecular flexibility index (Phi) is 8.35. The third kappa shape index (κ3) is 5.75. The average molecular weight is 651 g/mol. The molecule has 181 valence electrons. The smallest absolute Gasteiger partial charge is 0.493 e. The van der Waals surface area contributed by atoms with Crippen LogP contribution in [0.4, 0.5) is 5.69 Å². The molecule has 0 unspecified atom stereocenters. The van der Waals surface area contributed by atoms with Crippen LogP contribution in [0.3, 0.4) is 0 Å². The van der Waals surface area contributed by atoms with E-state index < -0.39 is 0 Å². The molecule has 0 N–H and O–H groups in total. The second-order valence-electron chi connectivity index (χ2n) is 8.37. The fraction of sp³-hybridized carbons (Fsp3) is 0.167.